The lowest BCUT2D eigenvalue weighted by molar-refractivity contribution is 0.0923. The summed E-state index contributed by atoms with van der Waals surface area (Å²) >= 11 is 1.56. The Labute approximate surface area is 180 Å². The Balaban J connectivity index is 1.69. The highest BCUT2D eigenvalue weighted by Gasteiger charge is 2.28. The van der Waals surface area contributed by atoms with Crippen LogP contribution in [0.4, 0.5) is 0 Å². The second-order valence-electron chi connectivity index (χ2n) is 7.89. The molecule has 3 aromatic rings. The van der Waals surface area contributed by atoms with Crippen LogP contribution >= 0.6 is 11.3 Å². The average molecular weight is 448 g/mol. The fraction of sp³-hybridized carbons (Fsp3) is 0.450. The molecular weight excluding hydrogens is 422 g/mol. The van der Waals surface area contributed by atoms with E-state index in [2.05, 4.69) is 10.4 Å². The van der Waals surface area contributed by atoms with E-state index in [0.29, 0.717) is 29.7 Å². The number of thiophene rings is 1. The molecule has 1 N–H and O–H groups in total. The molecule has 1 amide bonds. The number of nitrogens with one attached hydrogen (secondary N) is 1. The number of hydrogen-bond donors (Lipinski definition) is 1. The van der Waals surface area contributed by atoms with Gasteiger partial charge in [-0.15, -0.1) is 11.3 Å². The summed E-state index contributed by atoms with van der Waals surface area (Å²) in [7, 11) is -3.28. The van der Waals surface area contributed by atoms with Crippen molar-refractivity contribution in [3.63, 3.8) is 0 Å². The molecule has 1 fully saturated rings. The van der Waals surface area contributed by atoms with Gasteiger partial charge in [0.1, 0.15) is 0 Å². The van der Waals surface area contributed by atoms with Gasteiger partial charge in [-0.05, 0) is 44.2 Å². The van der Waals surface area contributed by atoms with Crippen LogP contribution in [0.3, 0.4) is 0 Å². The zero-order chi connectivity index (χ0) is 21.5. The molecule has 0 saturated carbocycles. The van der Waals surface area contributed by atoms with E-state index in [9.17, 15) is 13.2 Å². The van der Waals surface area contributed by atoms with Gasteiger partial charge in [0.05, 0.1) is 34.0 Å². The van der Waals surface area contributed by atoms with Crippen LogP contribution in [0.15, 0.2) is 29.8 Å². The summed E-state index contributed by atoms with van der Waals surface area (Å²) in [6, 6.07) is 5.60. The molecule has 0 bridgehead atoms. The molecule has 4 rings (SSSR count). The lowest BCUT2D eigenvalue weighted by Gasteiger charge is -2.31. The molecule has 30 heavy (non-hydrogen) atoms. The molecule has 3 aromatic heterocycles. The number of aromatic nitrogens is 3. The molecule has 1 saturated heterocycles. The van der Waals surface area contributed by atoms with Gasteiger partial charge < -0.3 is 5.32 Å². The Kier molecular flexibility index (Phi) is 5.65. The Morgan fingerprint density at radius 1 is 1.37 bits per heavy atom. The summed E-state index contributed by atoms with van der Waals surface area (Å²) in [4.78, 5) is 19.0. The van der Waals surface area contributed by atoms with Crippen molar-refractivity contribution in [2.24, 2.45) is 0 Å². The third-order valence-electron chi connectivity index (χ3n) is 5.26. The molecule has 0 radical (unpaired) electrons. The normalized spacial score (nSPS) is 18.2. The smallest absolute Gasteiger partial charge is 0.252 e. The first kappa shape index (κ1) is 21.0. The van der Waals surface area contributed by atoms with Gasteiger partial charge in [-0.25, -0.2) is 22.4 Å². The van der Waals surface area contributed by atoms with Crippen LogP contribution in [0.1, 0.15) is 43.1 Å². The monoisotopic (exact) mass is 447 g/mol. The summed E-state index contributed by atoms with van der Waals surface area (Å²) in [6.07, 6.45) is 4.35. The maximum Gasteiger partial charge on any atom is 0.252 e. The first-order chi connectivity index (χ1) is 14.2. The summed E-state index contributed by atoms with van der Waals surface area (Å²) in [5, 5.41) is 10.1. The second-order valence-corrected chi connectivity index (χ2v) is 10.8. The topological polar surface area (TPSA) is 97.2 Å². The van der Waals surface area contributed by atoms with Crippen LogP contribution in [-0.2, 0) is 10.0 Å². The quantitative estimate of drug-likeness (QED) is 0.649. The standard InChI is InChI=1S/C20H25N5O3S2/c1-13(2)25-19-16(11-21-25)15(10-17(23-19)18-7-5-9-29-18)20(26)22-14-6-4-8-24(12-14)30(3,27)28/h5,7,9-11,13-14H,4,6,8,12H2,1-3H3,(H,22,26). The van der Waals surface area contributed by atoms with Crippen molar-refractivity contribution in [3.8, 4) is 10.6 Å². The minimum absolute atomic E-state index is 0.103. The highest BCUT2D eigenvalue weighted by atomic mass is 32.2. The van der Waals surface area contributed by atoms with Crippen molar-refractivity contribution in [3.05, 3.63) is 35.3 Å². The molecule has 1 aliphatic rings. The lowest BCUT2D eigenvalue weighted by Crippen LogP contribution is -2.49. The van der Waals surface area contributed by atoms with Gasteiger partial charge in [-0.3, -0.25) is 4.79 Å². The highest BCUT2D eigenvalue weighted by molar-refractivity contribution is 7.88. The van der Waals surface area contributed by atoms with E-state index in [-0.39, 0.29) is 18.0 Å². The van der Waals surface area contributed by atoms with E-state index in [4.69, 9.17) is 4.98 Å². The maximum absolute atomic E-state index is 13.2. The summed E-state index contributed by atoms with van der Waals surface area (Å²) in [5.41, 5.74) is 1.90. The van der Waals surface area contributed by atoms with Crippen molar-refractivity contribution in [2.45, 2.75) is 38.8 Å². The largest absolute Gasteiger partial charge is 0.348 e. The van der Waals surface area contributed by atoms with Crippen LogP contribution in [-0.4, -0.2) is 58.8 Å². The van der Waals surface area contributed by atoms with Crippen molar-refractivity contribution < 1.29 is 13.2 Å². The molecule has 10 heteroatoms. The van der Waals surface area contributed by atoms with Crippen molar-refractivity contribution in [1.82, 2.24) is 24.4 Å². The number of rotatable bonds is 5. The minimum atomic E-state index is -3.28. The van der Waals surface area contributed by atoms with E-state index in [1.165, 1.54) is 10.6 Å². The van der Waals surface area contributed by atoms with Gasteiger partial charge in [0, 0.05) is 25.2 Å². The molecule has 0 spiro atoms. The van der Waals surface area contributed by atoms with Crippen LogP contribution in [0.2, 0.25) is 0 Å². The van der Waals surface area contributed by atoms with E-state index in [1.807, 2.05) is 36.0 Å². The number of carbonyl (C=O) groups is 1. The van der Waals surface area contributed by atoms with Crippen LogP contribution in [0.5, 0.6) is 0 Å². The van der Waals surface area contributed by atoms with Crippen molar-refractivity contribution in [2.75, 3.05) is 19.3 Å². The Bertz CT molecular complexity index is 1170. The first-order valence-electron chi connectivity index (χ1n) is 9.92. The molecule has 160 valence electrons. The van der Waals surface area contributed by atoms with Gasteiger partial charge in [0.25, 0.3) is 5.91 Å². The van der Waals surface area contributed by atoms with E-state index in [0.717, 1.165) is 23.4 Å². The van der Waals surface area contributed by atoms with Crippen LogP contribution < -0.4 is 5.32 Å². The number of sulfonamides is 1. The number of nitrogens with zero attached hydrogens (tertiary/aromatic N) is 4. The molecule has 4 heterocycles. The third kappa shape index (κ3) is 4.12. The Hall–Kier alpha value is -2.30. The van der Waals surface area contributed by atoms with Crippen molar-refractivity contribution >= 4 is 38.3 Å². The van der Waals surface area contributed by atoms with Gasteiger partial charge >= 0.3 is 0 Å². The molecule has 1 aliphatic heterocycles. The summed E-state index contributed by atoms with van der Waals surface area (Å²) in [6.45, 7) is 4.83. The average Bonchev–Trinajstić information content (AvgIpc) is 3.36. The van der Waals surface area contributed by atoms with E-state index in [1.54, 1.807) is 23.6 Å². The van der Waals surface area contributed by atoms with Gasteiger partial charge in [0.2, 0.25) is 10.0 Å². The summed E-state index contributed by atoms with van der Waals surface area (Å²) < 4.78 is 27.0. The molecule has 1 unspecified atom stereocenters. The number of hydrogen-bond acceptors (Lipinski definition) is 6. The first-order valence-corrected chi connectivity index (χ1v) is 12.6. The molecule has 0 aliphatic carbocycles. The Morgan fingerprint density at radius 3 is 2.83 bits per heavy atom. The second kappa shape index (κ2) is 8.09. The lowest BCUT2D eigenvalue weighted by atomic mass is 10.1. The van der Waals surface area contributed by atoms with Crippen molar-refractivity contribution in [1.29, 1.82) is 0 Å². The predicted molar refractivity (Wildman–Crippen MR) is 118 cm³/mol. The van der Waals surface area contributed by atoms with E-state index >= 15 is 0 Å². The fourth-order valence-electron chi connectivity index (χ4n) is 3.76. The SMILES string of the molecule is CC(C)n1ncc2c(C(=O)NC3CCCN(S(C)(=O)=O)C3)cc(-c3cccs3)nc21. The summed E-state index contributed by atoms with van der Waals surface area (Å²) in [5.74, 6) is -0.233. The molecular formula is C20H25N5O3S2. The van der Waals surface area contributed by atoms with E-state index < -0.39 is 10.0 Å². The van der Waals surface area contributed by atoms with Gasteiger partial charge in [0.15, 0.2) is 5.65 Å². The fourth-order valence-corrected chi connectivity index (χ4v) is 5.36. The highest BCUT2D eigenvalue weighted by Crippen LogP contribution is 2.29. The Morgan fingerprint density at radius 2 is 2.17 bits per heavy atom. The molecule has 1 atom stereocenters. The van der Waals surface area contributed by atoms with Gasteiger partial charge in [-0.1, -0.05) is 6.07 Å². The maximum atomic E-state index is 13.2. The van der Waals surface area contributed by atoms with Gasteiger partial charge in [-0.2, -0.15) is 5.10 Å². The zero-order valence-corrected chi connectivity index (χ0v) is 18.8. The number of piperidine rings is 1. The molecule has 0 aromatic carbocycles. The number of amides is 1. The third-order valence-corrected chi connectivity index (χ3v) is 7.42. The zero-order valence-electron chi connectivity index (χ0n) is 17.2. The number of fused-ring (bicyclic) bond motifs is 1. The van der Waals surface area contributed by atoms with Crippen LogP contribution in [0.25, 0.3) is 21.6 Å². The number of pyridine rings is 1. The predicted octanol–water partition coefficient (Wildman–Crippen LogP) is 2.89. The minimum Gasteiger partial charge on any atom is -0.348 e. The number of carbonyl (C=O) groups excluding carboxylic acids is 1. The van der Waals surface area contributed by atoms with Crippen LogP contribution in [0, 0.1) is 0 Å². The molecule has 8 nitrogen and oxygen atoms in total.